The van der Waals surface area contributed by atoms with Crippen LogP contribution < -0.4 is 5.32 Å². The topological polar surface area (TPSA) is 81.1 Å². The molecule has 6 nitrogen and oxygen atoms in total. The maximum Gasteiger partial charge on any atom is 0.240 e. The van der Waals surface area contributed by atoms with Gasteiger partial charge in [0.1, 0.15) is 11.6 Å². The average molecular weight is 401 g/mol. The summed E-state index contributed by atoms with van der Waals surface area (Å²) in [7, 11) is -4.04. The summed E-state index contributed by atoms with van der Waals surface area (Å²) in [5.74, 6) is -1.92. The van der Waals surface area contributed by atoms with E-state index in [1.54, 1.807) is 6.07 Å². The Morgan fingerprint density at radius 3 is 2.68 bits per heavy atom. The van der Waals surface area contributed by atoms with Gasteiger partial charge in [0.15, 0.2) is 0 Å². The van der Waals surface area contributed by atoms with Gasteiger partial charge in [0.05, 0.1) is 5.69 Å². The molecule has 0 saturated heterocycles. The Labute approximate surface area is 163 Å². The number of hydrogen-bond acceptors (Lipinski definition) is 4. The summed E-state index contributed by atoms with van der Waals surface area (Å²) in [6, 6.07) is 11.1. The van der Waals surface area contributed by atoms with E-state index in [1.165, 1.54) is 35.2 Å². The fourth-order valence-corrected chi connectivity index (χ4v) is 4.19. The van der Waals surface area contributed by atoms with Crippen molar-refractivity contribution >= 4 is 21.4 Å². The summed E-state index contributed by atoms with van der Waals surface area (Å²) < 4.78 is 40.3. The van der Waals surface area contributed by atoms with Crippen LogP contribution in [0.1, 0.15) is 18.1 Å². The minimum absolute atomic E-state index is 0.309. The molecule has 146 valence electrons. The molecule has 0 saturated carbocycles. The lowest BCUT2D eigenvalue weighted by atomic mass is 10.1. The summed E-state index contributed by atoms with van der Waals surface area (Å²) in [4.78, 5) is 16.3. The van der Waals surface area contributed by atoms with Gasteiger partial charge in [-0.2, -0.15) is 0 Å². The number of halogens is 1. The first-order chi connectivity index (χ1) is 13.3. The van der Waals surface area contributed by atoms with Crippen molar-refractivity contribution in [1.82, 2.24) is 9.55 Å². The summed E-state index contributed by atoms with van der Waals surface area (Å²) in [5.41, 5.74) is 2.71. The van der Waals surface area contributed by atoms with E-state index in [0.717, 1.165) is 11.1 Å². The lowest BCUT2D eigenvalue weighted by Gasteiger charge is -2.13. The van der Waals surface area contributed by atoms with Crippen molar-refractivity contribution in [2.45, 2.75) is 25.4 Å². The predicted octanol–water partition coefficient (Wildman–Crippen LogP) is 3.29. The minimum atomic E-state index is -4.04. The van der Waals surface area contributed by atoms with Crippen LogP contribution in [0.2, 0.25) is 0 Å². The fraction of sp³-hybridized carbons (Fsp3) is 0.200. The molecule has 28 heavy (non-hydrogen) atoms. The molecule has 1 N–H and O–H groups in total. The number of benzene rings is 2. The standard InChI is InChI=1S/C20H20FN3O3S/c1-3-15-7-4-6-14(2)19(15)23-18(25)13-28(26,27)20-22-10-11-24(20)17-9-5-8-16(21)12-17/h4-12H,3,13H2,1-2H3,(H,23,25). The fourth-order valence-electron chi connectivity index (χ4n) is 2.96. The Kier molecular flexibility index (Phi) is 5.60. The van der Waals surface area contributed by atoms with E-state index >= 15 is 0 Å². The predicted molar refractivity (Wildman–Crippen MR) is 105 cm³/mol. The third kappa shape index (κ3) is 4.12. The number of imidazole rings is 1. The van der Waals surface area contributed by atoms with Gasteiger partial charge >= 0.3 is 0 Å². The van der Waals surface area contributed by atoms with Gasteiger partial charge in [-0.3, -0.25) is 9.36 Å². The Morgan fingerprint density at radius 2 is 1.96 bits per heavy atom. The second kappa shape index (κ2) is 7.93. The molecular weight excluding hydrogens is 381 g/mol. The zero-order valence-corrected chi connectivity index (χ0v) is 16.3. The molecule has 1 heterocycles. The van der Waals surface area contributed by atoms with Gasteiger partial charge in [-0.15, -0.1) is 0 Å². The van der Waals surface area contributed by atoms with E-state index in [0.29, 0.717) is 17.8 Å². The van der Waals surface area contributed by atoms with Gasteiger partial charge in [-0.05, 0) is 42.7 Å². The molecule has 0 aliphatic heterocycles. The number of para-hydroxylation sites is 1. The van der Waals surface area contributed by atoms with Crippen LogP contribution in [0.15, 0.2) is 60.0 Å². The van der Waals surface area contributed by atoms with E-state index < -0.39 is 27.3 Å². The molecule has 0 aliphatic rings. The lowest BCUT2D eigenvalue weighted by molar-refractivity contribution is -0.113. The van der Waals surface area contributed by atoms with Crippen molar-refractivity contribution < 1.29 is 17.6 Å². The second-order valence-electron chi connectivity index (χ2n) is 6.33. The smallest absolute Gasteiger partial charge is 0.240 e. The summed E-state index contributed by atoms with van der Waals surface area (Å²) >= 11 is 0. The van der Waals surface area contributed by atoms with Gasteiger partial charge in [0, 0.05) is 18.1 Å². The van der Waals surface area contributed by atoms with Crippen molar-refractivity contribution in [3.05, 3.63) is 71.8 Å². The molecule has 0 atom stereocenters. The van der Waals surface area contributed by atoms with Gasteiger partial charge in [0.2, 0.25) is 20.9 Å². The third-order valence-electron chi connectivity index (χ3n) is 4.30. The van der Waals surface area contributed by atoms with Gasteiger partial charge in [-0.25, -0.2) is 17.8 Å². The van der Waals surface area contributed by atoms with Crippen LogP contribution in [0.25, 0.3) is 5.69 Å². The van der Waals surface area contributed by atoms with Crippen molar-refractivity contribution in [1.29, 1.82) is 0 Å². The largest absolute Gasteiger partial charge is 0.325 e. The molecule has 0 unspecified atom stereocenters. The Bertz CT molecular complexity index is 1120. The number of anilines is 1. The zero-order valence-electron chi connectivity index (χ0n) is 15.5. The van der Waals surface area contributed by atoms with Crippen molar-refractivity contribution in [3.8, 4) is 5.69 Å². The number of aryl methyl sites for hydroxylation is 2. The minimum Gasteiger partial charge on any atom is -0.325 e. The second-order valence-corrected chi connectivity index (χ2v) is 8.21. The van der Waals surface area contributed by atoms with E-state index in [9.17, 15) is 17.6 Å². The number of carbonyl (C=O) groups is 1. The maximum absolute atomic E-state index is 13.5. The third-order valence-corrected chi connectivity index (χ3v) is 5.80. The highest BCUT2D eigenvalue weighted by atomic mass is 32.2. The maximum atomic E-state index is 13.5. The molecule has 1 amide bonds. The molecule has 0 bridgehead atoms. The number of sulfone groups is 1. The Balaban J connectivity index is 1.86. The Morgan fingerprint density at radius 1 is 1.21 bits per heavy atom. The number of nitrogens with one attached hydrogen (secondary N) is 1. The number of carbonyl (C=O) groups excluding carboxylic acids is 1. The van der Waals surface area contributed by atoms with Crippen LogP contribution in [-0.2, 0) is 21.1 Å². The zero-order chi connectivity index (χ0) is 20.3. The van der Waals surface area contributed by atoms with Crippen LogP contribution in [-0.4, -0.2) is 29.6 Å². The van der Waals surface area contributed by atoms with E-state index in [2.05, 4.69) is 10.3 Å². The Hall–Kier alpha value is -3.00. The molecule has 3 rings (SSSR count). The van der Waals surface area contributed by atoms with Crippen LogP contribution in [0.3, 0.4) is 0 Å². The molecule has 0 aliphatic carbocycles. The lowest BCUT2D eigenvalue weighted by Crippen LogP contribution is -2.25. The molecule has 1 aromatic heterocycles. The molecule has 2 aromatic carbocycles. The van der Waals surface area contributed by atoms with Gasteiger partial charge < -0.3 is 5.32 Å². The van der Waals surface area contributed by atoms with Crippen molar-refractivity contribution in [3.63, 3.8) is 0 Å². The number of rotatable bonds is 6. The highest BCUT2D eigenvalue weighted by Gasteiger charge is 2.25. The van der Waals surface area contributed by atoms with Crippen LogP contribution in [0.5, 0.6) is 0 Å². The molecule has 0 radical (unpaired) electrons. The molecule has 0 fully saturated rings. The molecular formula is C20H20FN3O3S. The van der Waals surface area contributed by atoms with Crippen LogP contribution in [0.4, 0.5) is 10.1 Å². The first kappa shape index (κ1) is 19.8. The van der Waals surface area contributed by atoms with Gasteiger partial charge in [0.25, 0.3) is 0 Å². The normalized spacial score (nSPS) is 11.4. The summed E-state index contributed by atoms with van der Waals surface area (Å²) in [6.45, 7) is 3.80. The highest BCUT2D eigenvalue weighted by Crippen LogP contribution is 2.22. The molecule has 3 aromatic rings. The van der Waals surface area contributed by atoms with Crippen LogP contribution in [0, 0.1) is 12.7 Å². The van der Waals surface area contributed by atoms with E-state index in [4.69, 9.17) is 0 Å². The monoisotopic (exact) mass is 401 g/mol. The number of amides is 1. The van der Waals surface area contributed by atoms with E-state index in [1.807, 2.05) is 32.0 Å². The number of hydrogen-bond donors (Lipinski definition) is 1. The first-order valence-electron chi connectivity index (χ1n) is 8.72. The number of nitrogens with zero attached hydrogens (tertiary/aromatic N) is 2. The first-order valence-corrected chi connectivity index (χ1v) is 10.4. The molecule has 8 heteroatoms. The van der Waals surface area contributed by atoms with Crippen molar-refractivity contribution in [2.24, 2.45) is 0 Å². The highest BCUT2D eigenvalue weighted by molar-refractivity contribution is 7.92. The SMILES string of the molecule is CCc1cccc(C)c1NC(=O)CS(=O)(=O)c1nccn1-c1cccc(F)c1. The average Bonchev–Trinajstić information content (AvgIpc) is 3.14. The summed E-state index contributed by atoms with van der Waals surface area (Å²) in [6.07, 6.45) is 3.41. The van der Waals surface area contributed by atoms with E-state index in [-0.39, 0.29) is 5.16 Å². The summed E-state index contributed by atoms with van der Waals surface area (Å²) in [5, 5.41) is 2.39. The van der Waals surface area contributed by atoms with Gasteiger partial charge in [-0.1, -0.05) is 31.2 Å². The molecule has 0 spiro atoms. The number of aromatic nitrogens is 2. The quantitative estimate of drug-likeness (QED) is 0.687. The van der Waals surface area contributed by atoms with Crippen LogP contribution >= 0.6 is 0 Å². The van der Waals surface area contributed by atoms with Crippen molar-refractivity contribution in [2.75, 3.05) is 11.1 Å².